The number of hydrogen-bond donors (Lipinski definition) is 3. The van der Waals surface area contributed by atoms with Crippen LogP contribution in [0.25, 0.3) is 22.1 Å². The molecular formula is C93H118N6O7. The van der Waals surface area contributed by atoms with E-state index in [0.29, 0.717) is 108 Å². The lowest BCUT2D eigenvalue weighted by molar-refractivity contribution is 0.275. The number of ether oxygens (including phenoxy) is 6. The van der Waals surface area contributed by atoms with Gasteiger partial charge in [-0.1, -0.05) is 239 Å². The van der Waals surface area contributed by atoms with E-state index in [2.05, 4.69) is 260 Å². The summed E-state index contributed by atoms with van der Waals surface area (Å²) in [7, 11) is 0. The Hall–Kier alpha value is -9.36. The molecule has 562 valence electrons. The lowest BCUT2D eigenvalue weighted by Gasteiger charge is -2.26. The summed E-state index contributed by atoms with van der Waals surface area (Å²) >= 11 is 0. The van der Waals surface area contributed by atoms with E-state index in [9.17, 15) is 4.79 Å². The second-order valence-corrected chi connectivity index (χ2v) is 37.2. The number of nitrogens with one attached hydrogen (secondary N) is 3. The van der Waals surface area contributed by atoms with Crippen LogP contribution in [0.2, 0.25) is 0 Å². The van der Waals surface area contributed by atoms with E-state index in [4.69, 9.17) is 38.4 Å². The monoisotopic (exact) mass is 1430 g/mol. The molecule has 7 aromatic carbocycles. The van der Waals surface area contributed by atoms with E-state index in [1.54, 1.807) is 6.07 Å². The van der Waals surface area contributed by atoms with E-state index >= 15 is 0 Å². The number of nitrogens with zero attached hydrogens (tertiary/aromatic N) is 3. The molecule has 13 heteroatoms. The third-order valence-corrected chi connectivity index (χ3v) is 19.3. The Kier molecular flexibility index (Phi) is 23.1. The molecule has 0 radical (unpaired) electrons. The summed E-state index contributed by atoms with van der Waals surface area (Å²) in [6, 6.07) is 51.3. The van der Waals surface area contributed by atoms with Crippen molar-refractivity contribution in [3.05, 3.63) is 239 Å². The smallest absolute Gasteiger partial charge is 0.261 e. The van der Waals surface area contributed by atoms with Gasteiger partial charge in [-0.25, -0.2) is 9.97 Å². The van der Waals surface area contributed by atoms with Crippen molar-refractivity contribution in [2.75, 3.05) is 17.2 Å². The number of aromatic amines is 1. The summed E-state index contributed by atoms with van der Waals surface area (Å²) in [5, 5.41) is 7.74. The van der Waals surface area contributed by atoms with E-state index < -0.39 is 0 Å². The molecular weight excluding hydrogens is 1310 g/mol. The number of fused-ring (bicyclic) bond motifs is 2. The molecule has 106 heavy (non-hydrogen) atoms. The second kappa shape index (κ2) is 30.8. The van der Waals surface area contributed by atoms with Crippen molar-refractivity contribution in [3.8, 4) is 34.5 Å². The van der Waals surface area contributed by atoms with Crippen LogP contribution in [0.4, 0.5) is 11.8 Å². The van der Waals surface area contributed by atoms with Crippen molar-refractivity contribution in [2.24, 2.45) is 0 Å². The number of hydrogen-bond acceptors (Lipinski definition) is 12. The maximum absolute atomic E-state index is 13.1. The lowest BCUT2D eigenvalue weighted by Crippen LogP contribution is -2.17. The van der Waals surface area contributed by atoms with Crippen molar-refractivity contribution in [2.45, 2.75) is 263 Å². The normalized spacial score (nSPS) is 12.7. The van der Waals surface area contributed by atoms with Crippen LogP contribution < -0.4 is 44.6 Å². The van der Waals surface area contributed by atoms with Gasteiger partial charge in [-0.05, 0) is 188 Å². The number of anilines is 2. The first kappa shape index (κ1) is 79.2. The Morgan fingerprint density at radius 3 is 0.849 bits per heavy atom. The third kappa shape index (κ3) is 21.2. The predicted octanol–water partition coefficient (Wildman–Crippen LogP) is 22.8. The minimum atomic E-state index is -0.276. The van der Waals surface area contributed by atoms with Gasteiger partial charge in [0.2, 0.25) is 5.95 Å². The van der Waals surface area contributed by atoms with E-state index in [1.807, 2.05) is 73.7 Å². The van der Waals surface area contributed by atoms with E-state index in [-0.39, 0.29) is 62.1 Å². The molecule has 3 heterocycles. The molecule has 0 amide bonds. The Morgan fingerprint density at radius 2 is 0.575 bits per heavy atom. The summed E-state index contributed by atoms with van der Waals surface area (Å²) in [5.41, 5.74) is 17.1. The Bertz CT molecular complexity index is 4300. The summed E-state index contributed by atoms with van der Waals surface area (Å²) in [4.78, 5) is 30.2. The van der Waals surface area contributed by atoms with Crippen molar-refractivity contribution >= 4 is 33.8 Å². The zero-order valence-electron chi connectivity index (χ0n) is 68.2. The van der Waals surface area contributed by atoms with Crippen LogP contribution in [0.15, 0.2) is 150 Å². The van der Waals surface area contributed by atoms with Gasteiger partial charge in [-0.3, -0.25) is 9.78 Å². The highest BCUT2D eigenvalue weighted by Crippen LogP contribution is 2.38. The van der Waals surface area contributed by atoms with E-state index in [1.165, 1.54) is 44.5 Å². The van der Waals surface area contributed by atoms with Crippen LogP contribution >= 0.6 is 0 Å². The van der Waals surface area contributed by atoms with Crippen LogP contribution in [-0.4, -0.2) is 26.5 Å². The molecule has 10 rings (SSSR count). The predicted molar refractivity (Wildman–Crippen MR) is 438 cm³/mol. The number of pyridine rings is 2. The number of benzene rings is 7. The summed E-state index contributed by atoms with van der Waals surface area (Å²) in [6.07, 6.45) is 0. The molecule has 0 atom stereocenters. The molecule has 0 spiro atoms. The summed E-state index contributed by atoms with van der Waals surface area (Å²) < 4.78 is 41.2. The first-order valence-electron chi connectivity index (χ1n) is 37.8. The molecule has 0 saturated heterocycles. The average Bonchev–Trinajstić information content (AvgIpc) is 0.819. The Balaban J connectivity index is 1.01. The minimum Gasteiger partial charge on any atom is -0.489 e. The van der Waals surface area contributed by atoms with Crippen LogP contribution in [0.1, 0.15) is 257 Å². The first-order chi connectivity index (χ1) is 49.3. The highest BCUT2D eigenvalue weighted by Gasteiger charge is 2.27. The highest BCUT2D eigenvalue weighted by molar-refractivity contribution is 5.89. The summed E-state index contributed by atoms with van der Waals surface area (Å²) in [5.74, 6) is 4.75. The van der Waals surface area contributed by atoms with Crippen molar-refractivity contribution < 1.29 is 28.4 Å². The van der Waals surface area contributed by atoms with Crippen LogP contribution in [-0.2, 0) is 89.5 Å². The fourth-order valence-electron chi connectivity index (χ4n) is 12.4. The molecule has 0 bridgehead atoms. The fourth-order valence-corrected chi connectivity index (χ4v) is 12.4. The quantitative estimate of drug-likeness (QED) is 0.0523. The zero-order chi connectivity index (χ0) is 77.3. The molecule has 0 aliphatic rings. The maximum atomic E-state index is 13.1. The molecule has 0 aliphatic heterocycles. The van der Waals surface area contributed by atoms with Gasteiger partial charge < -0.3 is 39.1 Å². The lowest BCUT2D eigenvalue weighted by atomic mass is 9.79. The van der Waals surface area contributed by atoms with E-state index in [0.717, 1.165) is 38.9 Å². The molecule has 13 nitrogen and oxygen atoms in total. The second-order valence-electron chi connectivity index (χ2n) is 37.2. The average molecular weight is 1430 g/mol. The largest absolute Gasteiger partial charge is 0.489 e. The van der Waals surface area contributed by atoms with Gasteiger partial charge in [0.1, 0.15) is 80.0 Å². The minimum absolute atomic E-state index is 0.0600. The molecule has 0 unspecified atom stereocenters. The van der Waals surface area contributed by atoms with Crippen LogP contribution in [0, 0.1) is 0 Å². The fraction of sp³-hybridized carbons (Fsp3) is 0.441. The first-order valence-corrected chi connectivity index (χ1v) is 37.8. The third-order valence-electron chi connectivity index (χ3n) is 19.3. The molecule has 3 N–H and O–H groups in total. The van der Waals surface area contributed by atoms with Gasteiger partial charge in [0.05, 0.1) is 5.39 Å². The summed E-state index contributed by atoms with van der Waals surface area (Å²) in [6.45, 7) is 58.9. The maximum Gasteiger partial charge on any atom is 0.261 e. The standard InChI is InChI=1S/C93H118N6O7/c1-26-94-85-98-83-80(84(100)99-85)43-65-27-28-81(96-82(65)97-83)95-51-58-37-74(105-56-63-39-76(101-52-59-29-66(86(2,3)4)44-67(30-59)87(5,6)7)49-77(40-63)102-53-60-31-68(88(8,9)10)45-69(32-60)89(11,12)13)48-75(38-58)106-57-64-41-78(103-54-61-33-70(90(14,15)16)46-71(34-61)91(17,18)19)50-79(42-64)104-55-62-35-72(92(20,21)22)47-73(36-62)93(23,24)25/h27-50H,26,51-57H2,1-25H3,(H3,94,95,96,97,98,99,100). The number of aromatic nitrogens is 4. The van der Waals surface area contributed by atoms with Gasteiger partial charge in [-0.2, -0.15) is 4.98 Å². The van der Waals surface area contributed by atoms with Crippen molar-refractivity contribution in [1.29, 1.82) is 0 Å². The molecule has 10 aromatic rings. The van der Waals surface area contributed by atoms with Gasteiger partial charge in [0.15, 0.2) is 11.3 Å². The van der Waals surface area contributed by atoms with Crippen LogP contribution in [0.3, 0.4) is 0 Å². The van der Waals surface area contributed by atoms with Gasteiger partial charge in [0, 0.05) is 36.7 Å². The van der Waals surface area contributed by atoms with Gasteiger partial charge in [0.25, 0.3) is 5.56 Å². The number of H-pyrrole nitrogens is 1. The van der Waals surface area contributed by atoms with Gasteiger partial charge in [-0.15, -0.1) is 0 Å². The molecule has 0 fully saturated rings. The van der Waals surface area contributed by atoms with Crippen molar-refractivity contribution in [3.63, 3.8) is 0 Å². The Morgan fingerprint density at radius 1 is 0.302 bits per heavy atom. The SMILES string of the molecule is CCNc1nc2nc3nc(NCc4cc(OCc5cc(OCc6cc(C(C)(C)C)cc(C(C)(C)C)c6)cc(OCc6cc(C(C)(C)C)cc(C(C)(C)C)c6)c5)cc(OCc5cc(OCc6cc(C(C)(C)C)cc(C(C)(C)C)c6)cc(OCc6cc(C(C)(C)C)cc(C(C)(C)C)c6)c5)c4)ccc3cc2c(=O)[nH]1. The molecule has 3 aromatic heterocycles. The topological polar surface area (TPSA) is 151 Å². The Labute approximate surface area is 632 Å². The van der Waals surface area contributed by atoms with Crippen molar-refractivity contribution in [1.82, 2.24) is 19.9 Å². The molecule has 0 aliphatic carbocycles. The highest BCUT2D eigenvalue weighted by atomic mass is 16.5. The molecule has 0 saturated carbocycles. The zero-order valence-corrected chi connectivity index (χ0v) is 68.2. The van der Waals surface area contributed by atoms with Crippen LogP contribution in [0.5, 0.6) is 34.5 Å². The number of rotatable bonds is 23. The van der Waals surface area contributed by atoms with Gasteiger partial charge >= 0.3 is 0 Å².